The summed E-state index contributed by atoms with van der Waals surface area (Å²) < 4.78 is 41.2. The van der Waals surface area contributed by atoms with Gasteiger partial charge in [0.15, 0.2) is 4.31 Å². The first-order valence-corrected chi connectivity index (χ1v) is 11.0. The number of hydrogen-bond acceptors (Lipinski definition) is 5. The third kappa shape index (κ3) is 4.51. The Morgan fingerprint density at radius 1 is 0.952 bits per heavy atom. The fraction of sp³-hybridized carbons (Fsp3) is 0.538. The zero-order chi connectivity index (χ0) is 15.9. The quantitative estimate of drug-likeness (QED) is 0.450. The van der Waals surface area contributed by atoms with Crippen LogP contribution in [-0.2, 0) is 22.7 Å². The number of rotatable bonds is 9. The van der Waals surface area contributed by atoms with Crippen LogP contribution in [0.25, 0.3) is 0 Å². The molecule has 120 valence electrons. The van der Waals surface area contributed by atoms with Gasteiger partial charge in [-0.3, -0.25) is 9.13 Å². The second-order valence-corrected chi connectivity index (χ2v) is 11.4. The van der Waals surface area contributed by atoms with Crippen molar-refractivity contribution in [3.63, 3.8) is 0 Å². The van der Waals surface area contributed by atoms with E-state index in [1.165, 1.54) is 0 Å². The first kappa shape index (κ1) is 19.1. The van der Waals surface area contributed by atoms with Gasteiger partial charge in [0.2, 0.25) is 0 Å². The van der Waals surface area contributed by atoms with Gasteiger partial charge in [-0.25, -0.2) is 0 Å². The van der Waals surface area contributed by atoms with E-state index < -0.39 is 19.3 Å². The van der Waals surface area contributed by atoms with Crippen molar-refractivity contribution in [2.45, 2.75) is 25.1 Å². The number of alkyl halides is 1. The zero-order valence-corrected chi connectivity index (χ0v) is 15.8. The molecular weight excluding hydrogens is 378 g/mol. The molecular formula is C13H21BrO5P2. The molecule has 0 fully saturated rings. The van der Waals surface area contributed by atoms with E-state index in [1.54, 1.807) is 45.0 Å². The van der Waals surface area contributed by atoms with Gasteiger partial charge in [-0.2, -0.15) is 0 Å². The maximum atomic E-state index is 13.3. The Morgan fingerprint density at radius 3 is 1.86 bits per heavy atom. The van der Waals surface area contributed by atoms with Gasteiger partial charge in [-0.05, 0) is 32.9 Å². The third-order valence-electron chi connectivity index (χ3n) is 2.60. The van der Waals surface area contributed by atoms with Crippen LogP contribution < -0.4 is 5.30 Å². The van der Waals surface area contributed by atoms with Crippen LogP contribution in [0.1, 0.15) is 20.8 Å². The molecule has 0 spiro atoms. The third-order valence-corrected chi connectivity index (χ3v) is 11.5. The smallest absolute Gasteiger partial charge is 0.324 e. The van der Waals surface area contributed by atoms with Gasteiger partial charge in [0.05, 0.1) is 19.8 Å². The molecule has 21 heavy (non-hydrogen) atoms. The van der Waals surface area contributed by atoms with Gasteiger partial charge in [0.1, 0.15) is 0 Å². The molecule has 2 unspecified atom stereocenters. The Balaban J connectivity index is 3.26. The molecule has 0 saturated carbocycles. The molecule has 0 aliphatic carbocycles. The van der Waals surface area contributed by atoms with Gasteiger partial charge in [0, 0.05) is 5.30 Å². The number of halogens is 1. The van der Waals surface area contributed by atoms with Gasteiger partial charge in [-0.1, -0.05) is 34.1 Å². The summed E-state index contributed by atoms with van der Waals surface area (Å²) in [4.78, 5) is 0. The SMILES string of the molecule is CCOP(=O)(OCC)C(Br)P(=O)(OCC)c1ccccc1. The lowest BCUT2D eigenvalue weighted by atomic mass is 10.4. The van der Waals surface area contributed by atoms with Crippen molar-refractivity contribution >= 4 is 36.2 Å². The lowest BCUT2D eigenvalue weighted by Gasteiger charge is -2.28. The highest BCUT2D eigenvalue weighted by Crippen LogP contribution is 2.71. The van der Waals surface area contributed by atoms with Crippen molar-refractivity contribution < 1.29 is 22.7 Å². The molecule has 0 amide bonds. The minimum atomic E-state index is -3.60. The zero-order valence-electron chi connectivity index (χ0n) is 12.4. The highest BCUT2D eigenvalue weighted by Gasteiger charge is 2.48. The molecule has 0 N–H and O–H groups in total. The van der Waals surface area contributed by atoms with Crippen LogP contribution >= 0.6 is 30.9 Å². The molecule has 1 rings (SSSR count). The Labute approximate surface area is 134 Å². The highest BCUT2D eigenvalue weighted by atomic mass is 79.9. The fourth-order valence-corrected chi connectivity index (χ4v) is 8.59. The standard InChI is InChI=1S/C13H21BrO5P2/c1-4-17-20(15,12-10-8-7-9-11-12)13(14)21(16,18-5-2)19-6-3/h7-11,13H,4-6H2,1-3H3. The van der Waals surface area contributed by atoms with Gasteiger partial charge in [-0.15, -0.1) is 0 Å². The average molecular weight is 399 g/mol. The van der Waals surface area contributed by atoms with Crippen molar-refractivity contribution in [1.29, 1.82) is 0 Å². The van der Waals surface area contributed by atoms with Crippen molar-refractivity contribution in [2.24, 2.45) is 0 Å². The first-order chi connectivity index (χ1) is 9.94. The average Bonchev–Trinajstić information content (AvgIpc) is 2.48. The number of hydrogen-bond donors (Lipinski definition) is 0. The fourth-order valence-electron chi connectivity index (χ4n) is 1.79. The minimum absolute atomic E-state index is 0.195. The molecule has 1 aromatic rings. The lowest BCUT2D eigenvalue weighted by Crippen LogP contribution is -2.18. The molecule has 2 atom stereocenters. The minimum Gasteiger partial charge on any atom is -0.324 e. The topological polar surface area (TPSA) is 61.8 Å². The van der Waals surface area contributed by atoms with E-state index in [9.17, 15) is 9.13 Å². The van der Waals surface area contributed by atoms with Crippen LogP contribution in [0.2, 0.25) is 0 Å². The summed E-state index contributed by atoms with van der Waals surface area (Å²) in [5, 5.41) is 0.480. The summed E-state index contributed by atoms with van der Waals surface area (Å²) in [6, 6.07) is 8.70. The molecule has 0 bridgehead atoms. The van der Waals surface area contributed by atoms with E-state index in [0.717, 1.165) is 0 Å². The molecule has 1 aromatic carbocycles. The maximum absolute atomic E-state index is 13.3. The number of benzene rings is 1. The van der Waals surface area contributed by atoms with Gasteiger partial charge < -0.3 is 13.6 Å². The van der Waals surface area contributed by atoms with E-state index in [1.807, 2.05) is 6.07 Å². The van der Waals surface area contributed by atoms with E-state index >= 15 is 0 Å². The molecule has 0 radical (unpaired) electrons. The van der Waals surface area contributed by atoms with Gasteiger partial charge in [0.25, 0.3) is 7.37 Å². The van der Waals surface area contributed by atoms with Crippen LogP contribution in [0.5, 0.6) is 0 Å². The molecule has 0 saturated heterocycles. The van der Waals surface area contributed by atoms with Crippen LogP contribution in [-0.4, -0.2) is 24.1 Å². The maximum Gasteiger partial charge on any atom is 0.354 e. The summed E-state index contributed by atoms with van der Waals surface area (Å²) in [5.41, 5.74) is 0. The molecule has 5 nitrogen and oxygen atoms in total. The van der Waals surface area contributed by atoms with Crippen molar-refractivity contribution in [1.82, 2.24) is 0 Å². The van der Waals surface area contributed by atoms with E-state index in [0.29, 0.717) is 5.30 Å². The second-order valence-electron chi connectivity index (χ2n) is 4.04. The summed E-state index contributed by atoms with van der Waals surface area (Å²) >= 11 is 3.26. The Bertz CT molecular complexity index is 513. The van der Waals surface area contributed by atoms with Crippen LogP contribution in [0, 0.1) is 0 Å². The molecule has 0 aliphatic heterocycles. The predicted octanol–water partition coefficient (Wildman–Crippen LogP) is 4.57. The molecule has 0 aliphatic rings. The van der Waals surface area contributed by atoms with E-state index in [-0.39, 0.29) is 19.8 Å². The highest BCUT2D eigenvalue weighted by molar-refractivity contribution is 9.12. The monoisotopic (exact) mass is 398 g/mol. The van der Waals surface area contributed by atoms with E-state index in [4.69, 9.17) is 13.6 Å². The van der Waals surface area contributed by atoms with Crippen LogP contribution in [0.3, 0.4) is 0 Å². The second kappa shape index (κ2) is 8.61. The predicted molar refractivity (Wildman–Crippen MR) is 88.9 cm³/mol. The van der Waals surface area contributed by atoms with Crippen LogP contribution in [0.4, 0.5) is 0 Å². The summed E-state index contributed by atoms with van der Waals surface area (Å²) in [7, 11) is -7.04. The Hall–Kier alpha value is 0.0400. The molecule has 0 heterocycles. The molecule has 0 aromatic heterocycles. The largest absolute Gasteiger partial charge is 0.354 e. The Kier molecular flexibility index (Phi) is 7.83. The first-order valence-electron chi connectivity index (χ1n) is 6.77. The normalized spacial score (nSPS) is 16.4. The summed E-state index contributed by atoms with van der Waals surface area (Å²) in [6.07, 6.45) is 0. The summed E-state index contributed by atoms with van der Waals surface area (Å²) in [5.74, 6) is 0. The Morgan fingerprint density at radius 2 is 1.43 bits per heavy atom. The lowest BCUT2D eigenvalue weighted by molar-refractivity contribution is 0.221. The van der Waals surface area contributed by atoms with Gasteiger partial charge >= 0.3 is 7.60 Å². The van der Waals surface area contributed by atoms with E-state index in [2.05, 4.69) is 15.9 Å². The van der Waals surface area contributed by atoms with Crippen molar-refractivity contribution in [2.75, 3.05) is 19.8 Å². The van der Waals surface area contributed by atoms with Crippen LogP contribution in [0.15, 0.2) is 30.3 Å². The van der Waals surface area contributed by atoms with Crippen molar-refractivity contribution in [3.8, 4) is 0 Å². The molecule has 8 heteroatoms. The van der Waals surface area contributed by atoms with Crippen molar-refractivity contribution in [3.05, 3.63) is 30.3 Å². The summed E-state index contributed by atoms with van der Waals surface area (Å²) in [6.45, 7) is 5.77.